The Hall–Kier alpha value is -3.43. The van der Waals surface area contributed by atoms with Gasteiger partial charge in [-0.25, -0.2) is 4.79 Å². The zero-order valence-electron chi connectivity index (χ0n) is 24.4. The number of ether oxygens (including phenoxy) is 3. The van der Waals surface area contributed by atoms with Gasteiger partial charge in [-0.15, -0.1) is 0 Å². The summed E-state index contributed by atoms with van der Waals surface area (Å²) < 4.78 is 23.3. The van der Waals surface area contributed by atoms with E-state index in [0.29, 0.717) is 31.5 Å². The number of benzene rings is 2. The third kappa shape index (κ3) is 6.31. The second-order valence-electron chi connectivity index (χ2n) is 12.2. The van der Waals surface area contributed by atoms with E-state index in [2.05, 4.69) is 40.5 Å². The van der Waals surface area contributed by atoms with Crippen LogP contribution in [-0.4, -0.2) is 59.5 Å². The van der Waals surface area contributed by atoms with Gasteiger partial charge in [0.2, 0.25) is 5.82 Å². The van der Waals surface area contributed by atoms with Crippen molar-refractivity contribution in [1.82, 2.24) is 15.5 Å². The van der Waals surface area contributed by atoms with Gasteiger partial charge in [0.15, 0.2) is 5.79 Å². The predicted molar refractivity (Wildman–Crippen MR) is 153 cm³/mol. The monoisotopic (exact) mass is 548 g/mol. The molecule has 0 spiro atoms. The number of carbonyl (C=O) groups is 1. The van der Waals surface area contributed by atoms with E-state index in [1.54, 1.807) is 0 Å². The molecule has 1 N–H and O–H groups in total. The number of anilines is 1. The molecule has 5 rings (SSSR count). The summed E-state index contributed by atoms with van der Waals surface area (Å²) in [6, 6.07) is 14.4. The Kier molecular flexibility index (Phi) is 7.63. The van der Waals surface area contributed by atoms with Crippen LogP contribution >= 0.6 is 0 Å². The summed E-state index contributed by atoms with van der Waals surface area (Å²) in [7, 11) is 0. The van der Waals surface area contributed by atoms with Crippen molar-refractivity contribution in [2.75, 3.05) is 31.2 Å². The molecule has 2 aliphatic heterocycles. The lowest BCUT2D eigenvalue weighted by atomic mass is 9.99. The first-order chi connectivity index (χ1) is 19.0. The number of nitrogens with zero attached hydrogens (tertiary/aromatic N) is 3. The molecule has 3 heterocycles. The van der Waals surface area contributed by atoms with E-state index in [0.717, 1.165) is 48.2 Å². The smallest absolute Gasteiger partial charge is 0.408 e. The van der Waals surface area contributed by atoms with Crippen molar-refractivity contribution in [2.45, 2.75) is 77.7 Å². The minimum Gasteiger partial charge on any atom is -0.444 e. The molecule has 9 nitrogen and oxygen atoms in total. The number of hydrogen-bond acceptors (Lipinski definition) is 8. The molecular formula is C31H40N4O5. The Morgan fingerprint density at radius 2 is 1.82 bits per heavy atom. The summed E-state index contributed by atoms with van der Waals surface area (Å²) in [4.78, 5) is 19.8. The molecule has 1 amide bonds. The molecule has 0 bridgehead atoms. The summed E-state index contributed by atoms with van der Waals surface area (Å²) >= 11 is 0. The second kappa shape index (κ2) is 10.9. The van der Waals surface area contributed by atoms with Crippen LogP contribution in [-0.2, 0) is 27.1 Å². The normalized spacial score (nSPS) is 17.9. The summed E-state index contributed by atoms with van der Waals surface area (Å²) in [5, 5.41) is 7.40. The van der Waals surface area contributed by atoms with Crippen LogP contribution in [0.15, 0.2) is 47.0 Å². The van der Waals surface area contributed by atoms with Crippen LogP contribution in [0.5, 0.6) is 0 Å². The van der Waals surface area contributed by atoms with Gasteiger partial charge in [-0.3, -0.25) is 0 Å². The van der Waals surface area contributed by atoms with Gasteiger partial charge in [0, 0.05) is 29.9 Å². The number of carbonyl (C=O) groups excluding carboxylic acids is 1. The highest BCUT2D eigenvalue weighted by Gasteiger charge is 2.44. The van der Waals surface area contributed by atoms with Crippen molar-refractivity contribution in [3.8, 4) is 22.8 Å². The highest BCUT2D eigenvalue weighted by Crippen LogP contribution is 2.37. The SMILES string of the molecule is CCCc1ccc(-c2nc(-c3cccc4c3CCN4CC3(NC(=O)OC(C)(C)C)COC(C)(C)OC3)no2)cc1. The number of amides is 1. The van der Waals surface area contributed by atoms with Gasteiger partial charge in [0.05, 0.1) is 13.2 Å². The topological polar surface area (TPSA) is 99.0 Å². The molecule has 0 unspecified atom stereocenters. The van der Waals surface area contributed by atoms with E-state index in [-0.39, 0.29) is 0 Å². The van der Waals surface area contributed by atoms with Gasteiger partial charge in [-0.1, -0.05) is 42.8 Å². The third-order valence-electron chi connectivity index (χ3n) is 7.18. The van der Waals surface area contributed by atoms with Crippen molar-refractivity contribution < 1.29 is 23.5 Å². The third-order valence-corrected chi connectivity index (χ3v) is 7.18. The van der Waals surface area contributed by atoms with Gasteiger partial charge in [-0.05, 0) is 76.8 Å². The lowest BCUT2D eigenvalue weighted by Crippen LogP contribution is -2.66. The number of rotatable bonds is 7. The highest BCUT2D eigenvalue weighted by molar-refractivity contribution is 5.74. The molecule has 40 heavy (non-hydrogen) atoms. The molecule has 2 aromatic carbocycles. The zero-order valence-corrected chi connectivity index (χ0v) is 24.4. The van der Waals surface area contributed by atoms with Crippen LogP contribution in [0.1, 0.15) is 59.1 Å². The van der Waals surface area contributed by atoms with Gasteiger partial charge < -0.3 is 29.0 Å². The Labute approximate surface area is 236 Å². The molecule has 2 aliphatic rings. The fourth-order valence-corrected chi connectivity index (χ4v) is 5.22. The van der Waals surface area contributed by atoms with Crippen LogP contribution < -0.4 is 10.2 Å². The summed E-state index contributed by atoms with van der Waals surface area (Å²) in [5.41, 5.74) is 3.98. The van der Waals surface area contributed by atoms with Crippen LogP contribution in [0.4, 0.5) is 10.5 Å². The molecule has 0 aliphatic carbocycles. The molecule has 0 saturated carbocycles. The minimum absolute atomic E-state index is 0.302. The van der Waals surface area contributed by atoms with E-state index >= 15 is 0 Å². The van der Waals surface area contributed by atoms with E-state index < -0.39 is 23.0 Å². The largest absolute Gasteiger partial charge is 0.444 e. The molecular weight excluding hydrogens is 508 g/mol. The number of nitrogens with one attached hydrogen (secondary N) is 1. The lowest BCUT2D eigenvalue weighted by molar-refractivity contribution is -0.269. The van der Waals surface area contributed by atoms with Gasteiger partial charge in [0.1, 0.15) is 11.1 Å². The van der Waals surface area contributed by atoms with Crippen molar-refractivity contribution in [1.29, 1.82) is 0 Å². The van der Waals surface area contributed by atoms with Crippen molar-refractivity contribution >= 4 is 11.8 Å². The van der Waals surface area contributed by atoms with Crippen LogP contribution in [0.25, 0.3) is 22.8 Å². The summed E-state index contributed by atoms with van der Waals surface area (Å²) in [6.07, 6.45) is 2.48. The van der Waals surface area contributed by atoms with Crippen LogP contribution in [0.3, 0.4) is 0 Å². The fourth-order valence-electron chi connectivity index (χ4n) is 5.22. The molecule has 9 heteroatoms. The molecule has 1 saturated heterocycles. The molecule has 0 atom stereocenters. The van der Waals surface area contributed by atoms with Gasteiger partial charge in [0.25, 0.3) is 5.89 Å². The number of aromatic nitrogens is 2. The maximum absolute atomic E-state index is 12.8. The second-order valence-corrected chi connectivity index (χ2v) is 12.2. The standard InChI is InChI=1S/C31H40N4O5/c1-7-9-21-12-14-22(15-13-21)27-32-26(34-40-27)24-10-8-11-25-23(24)16-17-35(25)18-31(19-37-30(5,6)38-20-31)33-28(36)39-29(2,3)4/h8,10-15H,7,9,16-20H2,1-6H3,(H,33,36). The number of hydrogen-bond donors (Lipinski definition) is 1. The highest BCUT2D eigenvalue weighted by atomic mass is 16.7. The maximum Gasteiger partial charge on any atom is 0.408 e. The van der Waals surface area contributed by atoms with Gasteiger partial charge in [-0.2, -0.15) is 4.98 Å². The molecule has 0 radical (unpaired) electrons. The molecule has 214 valence electrons. The number of aryl methyl sites for hydroxylation is 1. The fraction of sp³-hybridized carbons (Fsp3) is 0.516. The lowest BCUT2D eigenvalue weighted by Gasteiger charge is -2.45. The van der Waals surface area contributed by atoms with E-state index in [4.69, 9.17) is 23.7 Å². The van der Waals surface area contributed by atoms with Crippen LogP contribution in [0.2, 0.25) is 0 Å². The van der Waals surface area contributed by atoms with Crippen molar-refractivity contribution in [3.05, 3.63) is 53.6 Å². The van der Waals surface area contributed by atoms with E-state index in [1.807, 2.05) is 58.9 Å². The van der Waals surface area contributed by atoms with E-state index in [9.17, 15) is 4.79 Å². The average Bonchev–Trinajstić information content (AvgIpc) is 3.53. The van der Waals surface area contributed by atoms with Crippen LogP contribution in [0, 0.1) is 0 Å². The quantitative estimate of drug-likeness (QED) is 0.398. The average molecular weight is 549 g/mol. The number of alkyl carbamates (subject to hydrolysis) is 1. The first-order valence-corrected chi connectivity index (χ1v) is 14.1. The zero-order chi connectivity index (χ0) is 28.5. The minimum atomic E-state index is -0.779. The molecule has 1 fully saturated rings. The predicted octanol–water partition coefficient (Wildman–Crippen LogP) is 5.77. The first-order valence-electron chi connectivity index (χ1n) is 14.1. The summed E-state index contributed by atoms with van der Waals surface area (Å²) in [5.74, 6) is 0.353. The molecule has 3 aromatic rings. The first kappa shape index (κ1) is 28.1. The van der Waals surface area contributed by atoms with Crippen molar-refractivity contribution in [3.63, 3.8) is 0 Å². The Morgan fingerprint density at radius 1 is 1.10 bits per heavy atom. The maximum atomic E-state index is 12.8. The van der Waals surface area contributed by atoms with Gasteiger partial charge >= 0.3 is 6.09 Å². The number of fused-ring (bicyclic) bond motifs is 1. The van der Waals surface area contributed by atoms with Crippen molar-refractivity contribution in [2.24, 2.45) is 0 Å². The summed E-state index contributed by atoms with van der Waals surface area (Å²) in [6.45, 7) is 13.3. The Balaban J connectivity index is 1.37. The molecule has 1 aromatic heterocycles. The Bertz CT molecular complexity index is 1330. The van der Waals surface area contributed by atoms with E-state index in [1.165, 1.54) is 5.56 Å². The Morgan fingerprint density at radius 3 is 2.50 bits per heavy atom.